The Bertz CT molecular complexity index is 3870. The number of nitrogens with zero attached hydrogens (tertiary/aromatic N) is 4. The second-order valence-electron chi connectivity index (χ2n) is 18.6. The summed E-state index contributed by atoms with van der Waals surface area (Å²) in [6.45, 7) is 0. The van der Waals surface area contributed by atoms with Crippen molar-refractivity contribution < 1.29 is 0 Å². The Kier molecular flexibility index (Phi) is 9.32. The summed E-state index contributed by atoms with van der Waals surface area (Å²) in [5.74, 6) is 1.80. The Hall–Kier alpha value is -8.77. The lowest BCUT2D eigenvalue weighted by molar-refractivity contribution is 0.758. The first-order valence-electron chi connectivity index (χ1n) is 24.2. The molecule has 15 rings (SSSR count). The van der Waals surface area contributed by atoms with Crippen LogP contribution in [0, 0.1) is 0 Å². The molecule has 2 bridgehead atoms. The number of benzene rings is 10. The van der Waals surface area contributed by atoms with E-state index in [1.165, 1.54) is 65.3 Å². The van der Waals surface area contributed by atoms with Crippen molar-refractivity contribution >= 4 is 50.6 Å². The molecule has 0 amide bonds. The fraction of sp³-hybridized carbons (Fsp3) is 0.0308. The second kappa shape index (κ2) is 16.2. The van der Waals surface area contributed by atoms with Gasteiger partial charge in [-0.3, -0.25) is 4.57 Å². The zero-order chi connectivity index (χ0) is 46.2. The molecule has 0 aliphatic heterocycles. The van der Waals surface area contributed by atoms with Crippen LogP contribution in [0.2, 0.25) is 0 Å². The molecule has 0 radical (unpaired) electrons. The van der Waals surface area contributed by atoms with Crippen LogP contribution in [0.1, 0.15) is 45.2 Å². The van der Waals surface area contributed by atoms with Crippen molar-refractivity contribution in [3.63, 3.8) is 0 Å². The third-order valence-corrected chi connectivity index (χ3v) is 19.8. The van der Waals surface area contributed by atoms with E-state index >= 15 is 0 Å². The molecular formula is C65H44N4Si. The average Bonchev–Trinajstić information content (AvgIpc) is 3.78. The topological polar surface area (TPSA) is 43.6 Å². The summed E-state index contributed by atoms with van der Waals surface area (Å²) in [5, 5.41) is 7.78. The van der Waals surface area contributed by atoms with Crippen LogP contribution in [0.25, 0.3) is 61.7 Å². The normalized spacial score (nSPS) is 14.6. The maximum absolute atomic E-state index is 5.58. The van der Waals surface area contributed by atoms with Crippen LogP contribution in [-0.4, -0.2) is 27.6 Å². The van der Waals surface area contributed by atoms with Gasteiger partial charge in [-0.05, 0) is 77.4 Å². The van der Waals surface area contributed by atoms with Crippen LogP contribution in [0.3, 0.4) is 0 Å². The van der Waals surface area contributed by atoms with Gasteiger partial charge in [0.1, 0.15) is 0 Å². The molecule has 70 heavy (non-hydrogen) atoms. The Balaban J connectivity index is 1.07. The van der Waals surface area contributed by atoms with E-state index in [0.29, 0.717) is 17.6 Å². The van der Waals surface area contributed by atoms with Gasteiger partial charge >= 0.3 is 0 Å². The van der Waals surface area contributed by atoms with Crippen LogP contribution in [0.5, 0.6) is 0 Å². The number of hydrogen-bond acceptors (Lipinski definition) is 3. The minimum absolute atomic E-state index is 0.00670. The van der Waals surface area contributed by atoms with Crippen LogP contribution in [0.4, 0.5) is 0 Å². The Morgan fingerprint density at radius 2 is 0.800 bits per heavy atom. The molecule has 4 nitrogen and oxygen atoms in total. The SMILES string of the molecule is c1ccc(-c2cccc([Si](c3ccccc3)(c3ccccc3)c3cccc4c3C3c5ccccc5C4c4cccc(-c5nc(-c6ccccc6)nc(-n6c7ccccc7c7ccccc76)n5)c43)c2)cc1. The van der Waals surface area contributed by atoms with Crippen molar-refractivity contribution in [2.24, 2.45) is 0 Å². The molecule has 2 unspecified atom stereocenters. The van der Waals surface area contributed by atoms with Gasteiger partial charge < -0.3 is 0 Å². The zero-order valence-corrected chi connectivity index (χ0v) is 39.2. The summed E-state index contributed by atoms with van der Waals surface area (Å²) in [5.41, 5.74) is 14.6. The summed E-state index contributed by atoms with van der Waals surface area (Å²) in [6.07, 6.45) is 0. The molecule has 2 aromatic heterocycles. The van der Waals surface area contributed by atoms with Crippen LogP contribution in [-0.2, 0) is 0 Å². The Morgan fingerprint density at radius 1 is 0.329 bits per heavy atom. The molecule has 3 aliphatic carbocycles. The third-order valence-electron chi connectivity index (χ3n) is 15.0. The van der Waals surface area contributed by atoms with E-state index < -0.39 is 8.07 Å². The Morgan fingerprint density at radius 3 is 1.46 bits per heavy atom. The first-order chi connectivity index (χ1) is 34.8. The predicted molar refractivity (Wildman–Crippen MR) is 289 cm³/mol. The lowest BCUT2D eigenvalue weighted by Gasteiger charge is -2.46. The van der Waals surface area contributed by atoms with Crippen molar-refractivity contribution in [3.8, 4) is 39.9 Å². The minimum Gasteiger partial charge on any atom is -0.278 e. The standard InChI is InChI=1S/C65H44N4Si/c1-5-22-43(23-6-1)45-26-19-31-48(42-45)70(46-27-9-3-10-28-46,47-29-11-4-12-30-47)58-41-21-37-54-59-51-34-13-14-35-52(51)62(61(54)58)60-53(59)36-20-38-55(60)64-66-63(44-24-7-2-8-25-44)67-65(68-64)69-56-39-17-15-32-49(56)50-33-16-18-40-57(50)69/h1-42,59,62H. The van der Waals surface area contributed by atoms with E-state index in [-0.39, 0.29) is 11.8 Å². The van der Waals surface area contributed by atoms with E-state index in [9.17, 15) is 0 Å². The maximum Gasteiger partial charge on any atom is 0.238 e. The van der Waals surface area contributed by atoms with Crippen molar-refractivity contribution in [1.29, 1.82) is 0 Å². The smallest absolute Gasteiger partial charge is 0.238 e. The van der Waals surface area contributed by atoms with E-state index in [1.807, 2.05) is 6.07 Å². The quantitative estimate of drug-likeness (QED) is 0.113. The maximum atomic E-state index is 5.58. The van der Waals surface area contributed by atoms with E-state index in [0.717, 1.165) is 32.9 Å². The highest BCUT2D eigenvalue weighted by molar-refractivity contribution is 7.20. The number of fused-ring (bicyclic) bond motifs is 3. The third kappa shape index (κ3) is 6.05. The fourth-order valence-corrected chi connectivity index (χ4v) is 17.3. The lowest BCUT2D eigenvalue weighted by Crippen LogP contribution is -2.75. The molecule has 0 fully saturated rings. The second-order valence-corrected chi connectivity index (χ2v) is 22.3. The number of aromatic nitrogens is 4. The van der Waals surface area contributed by atoms with Gasteiger partial charge in [0.25, 0.3) is 0 Å². The van der Waals surface area contributed by atoms with Gasteiger partial charge in [0, 0.05) is 33.7 Å². The monoisotopic (exact) mass is 908 g/mol. The summed E-state index contributed by atoms with van der Waals surface area (Å²) >= 11 is 0. The van der Waals surface area contributed by atoms with Gasteiger partial charge in [-0.15, -0.1) is 0 Å². The molecule has 0 saturated carbocycles. The predicted octanol–water partition coefficient (Wildman–Crippen LogP) is 12.3. The van der Waals surface area contributed by atoms with Crippen LogP contribution >= 0.6 is 0 Å². The summed E-state index contributed by atoms with van der Waals surface area (Å²) < 4.78 is 2.22. The Labute approximate surface area is 407 Å². The average molecular weight is 909 g/mol. The van der Waals surface area contributed by atoms with Crippen molar-refractivity contribution in [1.82, 2.24) is 19.5 Å². The minimum atomic E-state index is -3.12. The number of rotatable bonds is 8. The molecule has 0 saturated heterocycles. The van der Waals surface area contributed by atoms with Crippen molar-refractivity contribution in [2.75, 3.05) is 0 Å². The van der Waals surface area contributed by atoms with Gasteiger partial charge in [-0.2, -0.15) is 9.97 Å². The molecule has 328 valence electrons. The zero-order valence-electron chi connectivity index (χ0n) is 38.2. The van der Waals surface area contributed by atoms with E-state index in [4.69, 9.17) is 15.0 Å². The molecule has 12 aromatic rings. The first kappa shape index (κ1) is 40.3. The molecule has 0 spiro atoms. The van der Waals surface area contributed by atoms with Crippen molar-refractivity contribution in [2.45, 2.75) is 11.8 Å². The molecule has 5 heteroatoms. The highest BCUT2D eigenvalue weighted by Crippen LogP contribution is 2.57. The van der Waals surface area contributed by atoms with Crippen molar-refractivity contribution in [3.05, 3.63) is 288 Å². The largest absolute Gasteiger partial charge is 0.278 e. The first-order valence-corrected chi connectivity index (χ1v) is 26.2. The molecule has 3 aliphatic rings. The van der Waals surface area contributed by atoms with Gasteiger partial charge in [0.15, 0.2) is 19.7 Å². The highest BCUT2D eigenvalue weighted by Gasteiger charge is 2.50. The number of para-hydroxylation sites is 2. The lowest BCUT2D eigenvalue weighted by atomic mass is 9.60. The van der Waals surface area contributed by atoms with E-state index in [2.05, 4.69) is 253 Å². The van der Waals surface area contributed by atoms with Gasteiger partial charge in [0.2, 0.25) is 5.95 Å². The number of hydrogen-bond donors (Lipinski definition) is 0. The summed E-state index contributed by atoms with van der Waals surface area (Å²) in [4.78, 5) is 16.4. The molecule has 2 atom stereocenters. The van der Waals surface area contributed by atoms with Gasteiger partial charge in [-0.1, -0.05) is 243 Å². The molecule has 2 heterocycles. The molecular weight excluding hydrogens is 865 g/mol. The molecule has 10 aromatic carbocycles. The fourth-order valence-electron chi connectivity index (χ4n) is 12.2. The highest BCUT2D eigenvalue weighted by atomic mass is 28.3. The van der Waals surface area contributed by atoms with Crippen LogP contribution in [0.15, 0.2) is 255 Å². The van der Waals surface area contributed by atoms with Crippen LogP contribution < -0.4 is 20.7 Å². The summed E-state index contributed by atoms with van der Waals surface area (Å²) in [7, 11) is -3.12. The van der Waals surface area contributed by atoms with Gasteiger partial charge in [-0.25, -0.2) is 4.98 Å². The summed E-state index contributed by atoms with van der Waals surface area (Å²) in [6, 6.07) is 93.7. The van der Waals surface area contributed by atoms with E-state index in [1.54, 1.807) is 0 Å². The van der Waals surface area contributed by atoms with Gasteiger partial charge in [0.05, 0.1) is 11.0 Å². The molecule has 0 N–H and O–H groups in total.